The number of hydrogen-bond acceptors (Lipinski definition) is 2. The van der Waals surface area contributed by atoms with Gasteiger partial charge >= 0.3 is 0 Å². The number of hydrogen-bond donors (Lipinski definition) is 3. The largest absolute Gasteiger partial charge is 0.349 e. The Labute approximate surface area is 111 Å². The van der Waals surface area contributed by atoms with E-state index in [0.717, 1.165) is 5.56 Å². The van der Waals surface area contributed by atoms with E-state index in [1.54, 1.807) is 12.1 Å². The van der Waals surface area contributed by atoms with Gasteiger partial charge in [0.15, 0.2) is 0 Å². The lowest BCUT2D eigenvalue weighted by atomic mass is 10.1. The summed E-state index contributed by atoms with van der Waals surface area (Å²) in [6.07, 6.45) is 0. The number of nitrogens with two attached hydrogens (primary N) is 1. The minimum absolute atomic E-state index is 0.0129. The van der Waals surface area contributed by atoms with Crippen LogP contribution in [0, 0.1) is 0 Å². The summed E-state index contributed by atoms with van der Waals surface area (Å²) in [5.74, 6) is 5.88. The Bertz CT molecular complexity index is 406. The molecule has 94 valence electrons. The van der Waals surface area contributed by atoms with E-state index in [-0.39, 0.29) is 6.04 Å². The van der Waals surface area contributed by atoms with E-state index in [9.17, 15) is 0 Å². The molecule has 1 aromatic rings. The second kappa shape index (κ2) is 6.69. The molecule has 0 fully saturated rings. The molecule has 0 aliphatic heterocycles. The van der Waals surface area contributed by atoms with Gasteiger partial charge in [-0.15, -0.1) is 0 Å². The van der Waals surface area contributed by atoms with Gasteiger partial charge in [0, 0.05) is 16.6 Å². The first-order valence-corrected chi connectivity index (χ1v) is 6.06. The molecule has 1 rings (SSSR count). The highest BCUT2D eigenvalue weighted by Gasteiger charge is 2.11. The molecule has 1 aromatic carbocycles. The molecule has 17 heavy (non-hydrogen) atoms. The van der Waals surface area contributed by atoms with Crippen molar-refractivity contribution in [3.05, 3.63) is 33.8 Å². The average molecular weight is 275 g/mol. The van der Waals surface area contributed by atoms with E-state index < -0.39 is 0 Å². The lowest BCUT2D eigenvalue weighted by Gasteiger charge is -2.18. The van der Waals surface area contributed by atoms with Crippen LogP contribution >= 0.6 is 23.2 Å². The van der Waals surface area contributed by atoms with Gasteiger partial charge in [-0.25, -0.2) is 5.84 Å². The smallest absolute Gasteiger partial charge is 0.206 e. The maximum absolute atomic E-state index is 6.11. The highest BCUT2D eigenvalue weighted by atomic mass is 35.5. The first-order valence-electron chi connectivity index (χ1n) is 5.31. The Balaban J connectivity index is 2.82. The summed E-state index contributed by atoms with van der Waals surface area (Å²) >= 11 is 12.0. The molecule has 0 saturated carbocycles. The zero-order chi connectivity index (χ0) is 12.8. The zero-order valence-corrected chi connectivity index (χ0v) is 11.3. The quantitative estimate of drug-likeness (QED) is 0.344. The molecule has 0 spiro atoms. The minimum atomic E-state index is -0.0129. The molecule has 4 nitrogen and oxygen atoms in total. The fourth-order valence-electron chi connectivity index (χ4n) is 1.43. The molecule has 0 saturated heterocycles. The van der Waals surface area contributed by atoms with Crippen LogP contribution in [0.4, 0.5) is 0 Å². The van der Waals surface area contributed by atoms with Gasteiger partial charge < -0.3 is 5.32 Å². The number of aliphatic imine (C=N–C) groups is 1. The van der Waals surface area contributed by atoms with Gasteiger partial charge in [0.05, 0.1) is 6.04 Å². The van der Waals surface area contributed by atoms with Crippen LogP contribution in [0.25, 0.3) is 0 Å². The van der Waals surface area contributed by atoms with Crippen LogP contribution in [0.5, 0.6) is 0 Å². The van der Waals surface area contributed by atoms with E-state index >= 15 is 0 Å². The van der Waals surface area contributed by atoms with Gasteiger partial charge in [0.25, 0.3) is 0 Å². The van der Waals surface area contributed by atoms with Crippen LogP contribution in [-0.4, -0.2) is 12.5 Å². The first kappa shape index (κ1) is 14.1. The van der Waals surface area contributed by atoms with E-state index in [1.165, 1.54) is 0 Å². The van der Waals surface area contributed by atoms with Crippen molar-refractivity contribution in [2.75, 3.05) is 6.54 Å². The van der Waals surface area contributed by atoms with Crippen molar-refractivity contribution in [3.63, 3.8) is 0 Å². The van der Waals surface area contributed by atoms with Crippen molar-refractivity contribution in [2.24, 2.45) is 10.8 Å². The fourth-order valence-corrected chi connectivity index (χ4v) is 2.00. The summed E-state index contributed by atoms with van der Waals surface area (Å²) in [5, 5.41) is 4.36. The van der Waals surface area contributed by atoms with Crippen LogP contribution in [0.3, 0.4) is 0 Å². The van der Waals surface area contributed by atoms with Crippen molar-refractivity contribution >= 4 is 29.2 Å². The molecule has 0 aliphatic rings. The Hall–Kier alpha value is -0.970. The van der Waals surface area contributed by atoms with Gasteiger partial charge in [-0.1, -0.05) is 29.3 Å². The highest BCUT2D eigenvalue weighted by Crippen LogP contribution is 2.25. The average Bonchev–Trinajstić information content (AvgIpc) is 2.28. The van der Waals surface area contributed by atoms with Crippen LogP contribution in [-0.2, 0) is 0 Å². The summed E-state index contributed by atoms with van der Waals surface area (Å²) in [7, 11) is 0. The molecule has 1 atom stereocenters. The summed E-state index contributed by atoms with van der Waals surface area (Å²) < 4.78 is 0. The van der Waals surface area contributed by atoms with E-state index in [2.05, 4.69) is 15.7 Å². The second-order valence-corrected chi connectivity index (χ2v) is 4.34. The third kappa shape index (κ3) is 4.07. The van der Waals surface area contributed by atoms with Crippen LogP contribution < -0.4 is 16.6 Å². The molecule has 0 amide bonds. The SMILES string of the molecule is CCN=C(NN)NC(C)c1ccc(Cl)cc1Cl. The maximum atomic E-state index is 6.11. The number of rotatable bonds is 3. The van der Waals surface area contributed by atoms with Crippen molar-refractivity contribution in [2.45, 2.75) is 19.9 Å². The number of nitrogens with one attached hydrogen (secondary N) is 2. The topological polar surface area (TPSA) is 62.4 Å². The van der Waals surface area contributed by atoms with Crippen molar-refractivity contribution < 1.29 is 0 Å². The number of halogens is 2. The number of benzene rings is 1. The fraction of sp³-hybridized carbons (Fsp3) is 0.364. The molecule has 0 radical (unpaired) electrons. The van der Waals surface area contributed by atoms with Crippen molar-refractivity contribution in [1.29, 1.82) is 0 Å². The molecule has 0 aromatic heterocycles. The standard InChI is InChI=1S/C11H16Cl2N4/c1-3-15-11(17-14)16-7(2)9-5-4-8(12)6-10(9)13/h4-7H,3,14H2,1-2H3,(H2,15,16,17). The second-order valence-electron chi connectivity index (χ2n) is 3.50. The Morgan fingerprint density at radius 2 is 2.18 bits per heavy atom. The van der Waals surface area contributed by atoms with Crippen LogP contribution in [0.15, 0.2) is 23.2 Å². The van der Waals surface area contributed by atoms with E-state index in [0.29, 0.717) is 22.5 Å². The third-order valence-electron chi connectivity index (χ3n) is 2.24. The number of guanidine groups is 1. The first-order chi connectivity index (χ1) is 8.08. The minimum Gasteiger partial charge on any atom is -0.349 e. The molecule has 0 aliphatic carbocycles. The van der Waals surface area contributed by atoms with Gasteiger partial charge in [0.2, 0.25) is 5.96 Å². The van der Waals surface area contributed by atoms with E-state index in [1.807, 2.05) is 19.9 Å². The predicted octanol–water partition coefficient (Wildman–Crippen LogP) is 2.48. The van der Waals surface area contributed by atoms with Gasteiger partial charge in [-0.2, -0.15) is 0 Å². The van der Waals surface area contributed by atoms with Gasteiger partial charge in [-0.05, 0) is 31.5 Å². The predicted molar refractivity (Wildman–Crippen MR) is 73.3 cm³/mol. The molecule has 1 unspecified atom stereocenters. The molecule has 6 heteroatoms. The normalized spacial score (nSPS) is 13.4. The Kier molecular flexibility index (Phi) is 5.55. The summed E-state index contributed by atoms with van der Waals surface area (Å²) in [5.41, 5.74) is 3.44. The number of hydrazine groups is 1. The molecule has 0 bridgehead atoms. The van der Waals surface area contributed by atoms with Crippen molar-refractivity contribution in [3.8, 4) is 0 Å². The monoisotopic (exact) mass is 274 g/mol. The maximum Gasteiger partial charge on any atom is 0.206 e. The summed E-state index contributed by atoms with van der Waals surface area (Å²) in [4.78, 5) is 4.16. The number of nitrogens with zero attached hydrogens (tertiary/aromatic N) is 1. The summed E-state index contributed by atoms with van der Waals surface area (Å²) in [6.45, 7) is 4.55. The van der Waals surface area contributed by atoms with Crippen LogP contribution in [0.2, 0.25) is 10.0 Å². The van der Waals surface area contributed by atoms with Crippen molar-refractivity contribution in [1.82, 2.24) is 10.7 Å². The molecule has 0 heterocycles. The zero-order valence-electron chi connectivity index (χ0n) is 9.80. The van der Waals surface area contributed by atoms with Crippen LogP contribution in [0.1, 0.15) is 25.5 Å². The lowest BCUT2D eigenvalue weighted by molar-refractivity contribution is 0.689. The van der Waals surface area contributed by atoms with Gasteiger partial charge in [-0.3, -0.25) is 10.4 Å². The van der Waals surface area contributed by atoms with Gasteiger partial charge in [0.1, 0.15) is 0 Å². The highest BCUT2D eigenvalue weighted by molar-refractivity contribution is 6.35. The van der Waals surface area contributed by atoms with E-state index in [4.69, 9.17) is 29.0 Å². The Morgan fingerprint density at radius 3 is 2.71 bits per heavy atom. The molecular formula is C11H16Cl2N4. The summed E-state index contributed by atoms with van der Waals surface area (Å²) in [6, 6.07) is 5.38. The Morgan fingerprint density at radius 1 is 1.47 bits per heavy atom. The lowest BCUT2D eigenvalue weighted by Crippen LogP contribution is -2.42. The molecule has 4 N–H and O–H groups in total. The third-order valence-corrected chi connectivity index (χ3v) is 2.80. The molecular weight excluding hydrogens is 259 g/mol.